The van der Waals surface area contributed by atoms with Crippen molar-refractivity contribution in [2.75, 3.05) is 18.9 Å². The topological polar surface area (TPSA) is 64.3 Å². The smallest absolute Gasteiger partial charge is 0.220 e. The predicted octanol–water partition coefficient (Wildman–Crippen LogP) is 2.76. The molecule has 0 heterocycles. The van der Waals surface area contributed by atoms with E-state index < -0.39 is 0 Å². The summed E-state index contributed by atoms with van der Waals surface area (Å²) in [5.74, 6) is 1.41. The van der Waals surface area contributed by atoms with Gasteiger partial charge >= 0.3 is 0 Å². The molecule has 0 aliphatic rings. The highest BCUT2D eigenvalue weighted by Gasteiger charge is 2.05. The summed E-state index contributed by atoms with van der Waals surface area (Å²) in [7, 11) is 0. The Morgan fingerprint density at radius 2 is 2.15 bits per heavy atom. The molecule has 0 saturated carbocycles. The molecule has 0 spiro atoms. The minimum atomic E-state index is 0.0955. The van der Waals surface area contributed by atoms with E-state index >= 15 is 0 Å². The lowest BCUT2D eigenvalue weighted by atomic mass is 10.1. The number of carbonyl (C=O) groups excluding carboxylic acids is 1. The Morgan fingerprint density at radius 3 is 2.75 bits per heavy atom. The van der Waals surface area contributed by atoms with Crippen LogP contribution in [0.5, 0.6) is 5.75 Å². The van der Waals surface area contributed by atoms with Gasteiger partial charge in [-0.1, -0.05) is 19.9 Å². The molecule has 0 saturated heterocycles. The molecular weight excluding hydrogens is 252 g/mol. The minimum Gasteiger partial charge on any atom is -0.492 e. The van der Waals surface area contributed by atoms with E-state index in [1.54, 1.807) is 0 Å². The zero-order chi connectivity index (χ0) is 15.0. The van der Waals surface area contributed by atoms with Crippen molar-refractivity contribution in [1.29, 1.82) is 0 Å². The standard InChI is InChI=1S/C16H26N2O2/c1-4-20-15-7-5-13(11-14(15)17)6-8-16(19)18-10-9-12(2)3/h5,7,11-12H,4,6,8-10,17H2,1-3H3,(H,18,19). The molecule has 3 N–H and O–H groups in total. The third-order valence-electron chi connectivity index (χ3n) is 3.06. The number of amides is 1. The fraction of sp³-hybridized carbons (Fsp3) is 0.562. The molecule has 112 valence electrons. The summed E-state index contributed by atoms with van der Waals surface area (Å²) in [6.07, 6.45) is 2.21. The third kappa shape index (κ3) is 5.95. The number of carbonyl (C=O) groups is 1. The van der Waals surface area contributed by atoms with Crippen LogP contribution in [0.25, 0.3) is 0 Å². The van der Waals surface area contributed by atoms with Gasteiger partial charge in [0.25, 0.3) is 0 Å². The van der Waals surface area contributed by atoms with Crippen LogP contribution in [0.15, 0.2) is 18.2 Å². The maximum Gasteiger partial charge on any atom is 0.220 e. The Morgan fingerprint density at radius 1 is 1.40 bits per heavy atom. The summed E-state index contributed by atoms with van der Waals surface area (Å²) in [6, 6.07) is 5.71. The van der Waals surface area contributed by atoms with Crippen LogP contribution in [0.4, 0.5) is 5.69 Å². The Balaban J connectivity index is 2.38. The third-order valence-corrected chi connectivity index (χ3v) is 3.06. The quantitative estimate of drug-likeness (QED) is 0.719. The van der Waals surface area contributed by atoms with Gasteiger partial charge in [0.2, 0.25) is 5.91 Å². The Hall–Kier alpha value is -1.71. The zero-order valence-corrected chi connectivity index (χ0v) is 12.7. The summed E-state index contributed by atoms with van der Waals surface area (Å²) in [5, 5.41) is 2.94. The SMILES string of the molecule is CCOc1ccc(CCC(=O)NCCC(C)C)cc1N. The molecule has 0 fully saturated rings. The Labute approximate surface area is 121 Å². The maximum absolute atomic E-state index is 11.7. The van der Waals surface area contributed by atoms with Gasteiger partial charge in [-0.15, -0.1) is 0 Å². The van der Waals surface area contributed by atoms with E-state index in [9.17, 15) is 4.79 Å². The van der Waals surface area contributed by atoms with Crippen molar-refractivity contribution in [2.45, 2.75) is 40.0 Å². The molecule has 1 aromatic rings. The summed E-state index contributed by atoms with van der Waals surface area (Å²) in [5.41, 5.74) is 7.59. The van der Waals surface area contributed by atoms with Gasteiger partial charge in [0.05, 0.1) is 12.3 Å². The summed E-state index contributed by atoms with van der Waals surface area (Å²) >= 11 is 0. The number of rotatable bonds is 8. The largest absolute Gasteiger partial charge is 0.492 e. The van der Waals surface area contributed by atoms with Crippen molar-refractivity contribution >= 4 is 11.6 Å². The number of anilines is 1. The van der Waals surface area contributed by atoms with E-state index in [0.717, 1.165) is 18.5 Å². The van der Waals surface area contributed by atoms with Gasteiger partial charge in [0.15, 0.2) is 0 Å². The van der Waals surface area contributed by atoms with E-state index in [1.165, 1.54) is 0 Å². The van der Waals surface area contributed by atoms with E-state index in [4.69, 9.17) is 10.5 Å². The van der Waals surface area contributed by atoms with E-state index in [0.29, 0.717) is 36.8 Å². The number of nitrogens with two attached hydrogens (primary N) is 1. The number of aryl methyl sites for hydroxylation is 1. The van der Waals surface area contributed by atoms with Crippen molar-refractivity contribution in [1.82, 2.24) is 5.32 Å². The molecule has 0 radical (unpaired) electrons. The summed E-state index contributed by atoms with van der Waals surface area (Å²) < 4.78 is 5.39. The number of hydrogen-bond donors (Lipinski definition) is 2. The normalized spacial score (nSPS) is 10.6. The highest BCUT2D eigenvalue weighted by Crippen LogP contribution is 2.23. The van der Waals surface area contributed by atoms with Crippen LogP contribution >= 0.6 is 0 Å². The lowest BCUT2D eigenvalue weighted by Crippen LogP contribution is -2.25. The first-order valence-electron chi connectivity index (χ1n) is 7.30. The molecule has 4 heteroatoms. The van der Waals surface area contributed by atoms with Crippen molar-refractivity contribution in [3.05, 3.63) is 23.8 Å². The number of ether oxygens (including phenoxy) is 1. The van der Waals surface area contributed by atoms with E-state index in [-0.39, 0.29) is 5.91 Å². The van der Waals surface area contributed by atoms with Gasteiger partial charge < -0.3 is 15.8 Å². The van der Waals surface area contributed by atoms with Crippen molar-refractivity contribution in [3.8, 4) is 5.75 Å². The minimum absolute atomic E-state index is 0.0955. The molecule has 0 unspecified atom stereocenters. The molecular formula is C16H26N2O2. The van der Waals surface area contributed by atoms with Crippen LogP contribution < -0.4 is 15.8 Å². The number of hydrogen-bond acceptors (Lipinski definition) is 3. The average molecular weight is 278 g/mol. The van der Waals surface area contributed by atoms with E-state index in [1.807, 2.05) is 25.1 Å². The summed E-state index contributed by atoms with van der Waals surface area (Å²) in [4.78, 5) is 11.7. The van der Waals surface area contributed by atoms with Gasteiger partial charge in [-0.2, -0.15) is 0 Å². The Bertz CT molecular complexity index is 430. The first-order chi connectivity index (χ1) is 9.52. The number of nitrogens with one attached hydrogen (secondary N) is 1. The van der Waals surface area contributed by atoms with Crippen LogP contribution in [0.1, 0.15) is 39.2 Å². The lowest BCUT2D eigenvalue weighted by molar-refractivity contribution is -0.121. The molecule has 4 nitrogen and oxygen atoms in total. The Kier molecular flexibility index (Phi) is 6.91. The van der Waals surface area contributed by atoms with Crippen molar-refractivity contribution in [3.63, 3.8) is 0 Å². The molecule has 1 rings (SSSR count). The van der Waals surface area contributed by atoms with Gasteiger partial charge in [-0.3, -0.25) is 4.79 Å². The predicted molar refractivity (Wildman–Crippen MR) is 82.8 cm³/mol. The molecule has 0 aromatic heterocycles. The van der Waals surface area contributed by atoms with Crippen LogP contribution in [0.2, 0.25) is 0 Å². The van der Waals surface area contributed by atoms with Crippen molar-refractivity contribution < 1.29 is 9.53 Å². The van der Waals surface area contributed by atoms with Crippen molar-refractivity contribution in [2.24, 2.45) is 5.92 Å². The fourth-order valence-electron chi connectivity index (χ4n) is 1.89. The second kappa shape index (κ2) is 8.46. The van der Waals surface area contributed by atoms with Crippen LogP contribution in [-0.2, 0) is 11.2 Å². The molecule has 1 aromatic carbocycles. The van der Waals surface area contributed by atoms with Crippen LogP contribution in [0.3, 0.4) is 0 Å². The number of benzene rings is 1. The second-order valence-corrected chi connectivity index (χ2v) is 5.34. The second-order valence-electron chi connectivity index (χ2n) is 5.34. The van der Waals surface area contributed by atoms with Crippen LogP contribution in [-0.4, -0.2) is 19.1 Å². The van der Waals surface area contributed by atoms with Gasteiger partial charge in [0.1, 0.15) is 5.75 Å². The molecule has 1 amide bonds. The zero-order valence-electron chi connectivity index (χ0n) is 12.7. The van der Waals surface area contributed by atoms with Crippen LogP contribution in [0, 0.1) is 5.92 Å². The van der Waals surface area contributed by atoms with E-state index in [2.05, 4.69) is 19.2 Å². The first kappa shape index (κ1) is 16.3. The average Bonchev–Trinajstić information content (AvgIpc) is 2.39. The van der Waals surface area contributed by atoms with Gasteiger partial charge in [-0.25, -0.2) is 0 Å². The highest BCUT2D eigenvalue weighted by molar-refractivity contribution is 5.76. The molecule has 0 atom stereocenters. The fourth-order valence-corrected chi connectivity index (χ4v) is 1.89. The molecule has 0 aliphatic heterocycles. The highest BCUT2D eigenvalue weighted by atomic mass is 16.5. The summed E-state index contributed by atoms with van der Waals surface area (Å²) in [6.45, 7) is 7.57. The monoisotopic (exact) mass is 278 g/mol. The lowest BCUT2D eigenvalue weighted by Gasteiger charge is -2.09. The maximum atomic E-state index is 11.7. The first-order valence-corrected chi connectivity index (χ1v) is 7.30. The molecule has 0 bridgehead atoms. The van der Waals surface area contributed by atoms with Gasteiger partial charge in [0, 0.05) is 13.0 Å². The van der Waals surface area contributed by atoms with Gasteiger partial charge in [-0.05, 0) is 43.4 Å². The molecule has 0 aliphatic carbocycles. The molecule has 20 heavy (non-hydrogen) atoms. The number of nitrogen functional groups attached to an aromatic ring is 1.